The summed E-state index contributed by atoms with van der Waals surface area (Å²) in [4.78, 5) is 32.5. The summed E-state index contributed by atoms with van der Waals surface area (Å²) in [6.07, 6.45) is -6.80. The molecule has 15 unspecified atom stereocenters. The van der Waals surface area contributed by atoms with Crippen molar-refractivity contribution in [2.24, 2.45) is 33.9 Å². The van der Waals surface area contributed by atoms with Crippen LogP contribution in [0.15, 0.2) is 70.9 Å². The summed E-state index contributed by atoms with van der Waals surface area (Å²) in [6, 6.07) is 16.9. The second-order valence-electron chi connectivity index (χ2n) is 14.5. The monoisotopic (exact) mass is 780 g/mol. The van der Waals surface area contributed by atoms with E-state index < -0.39 is 73.0 Å². The summed E-state index contributed by atoms with van der Waals surface area (Å²) < 4.78 is 50.1. The van der Waals surface area contributed by atoms with Crippen molar-refractivity contribution in [2.75, 3.05) is 13.7 Å². The van der Waals surface area contributed by atoms with Crippen LogP contribution in [0.1, 0.15) is 71.3 Å². The minimum atomic E-state index is -1.33. The summed E-state index contributed by atoms with van der Waals surface area (Å²) in [5.41, 5.74) is 20.2. The molecule has 56 heavy (non-hydrogen) atoms. The van der Waals surface area contributed by atoms with Gasteiger partial charge in [-0.25, -0.2) is 9.59 Å². The van der Waals surface area contributed by atoms with E-state index in [0.29, 0.717) is 12.0 Å². The van der Waals surface area contributed by atoms with Crippen molar-refractivity contribution >= 4 is 11.9 Å². The lowest BCUT2D eigenvalue weighted by Gasteiger charge is -2.50. The van der Waals surface area contributed by atoms with Crippen LogP contribution >= 0.6 is 0 Å². The van der Waals surface area contributed by atoms with Crippen molar-refractivity contribution in [3.8, 4) is 0 Å². The average molecular weight is 781 g/mol. The quantitative estimate of drug-likeness (QED) is 0.0796. The molecule has 306 valence electrons. The third-order valence-corrected chi connectivity index (χ3v) is 11.2. The number of rotatable bonds is 14. The Kier molecular flexibility index (Phi) is 16.5. The first kappa shape index (κ1) is 44.5. The van der Waals surface area contributed by atoms with Gasteiger partial charge < -0.3 is 37.9 Å². The fourth-order valence-corrected chi connectivity index (χ4v) is 7.73. The molecule has 3 fully saturated rings. The number of hydrogen-bond donors (Lipinski definition) is 0. The standard InChI is InChI=1S/C39H52N6O10.CH4/c1-8-28-32(23(4)30(42-44-40)25(6)51-28)53-39-34(49-19-26-15-11-9-12-16-26)24(5)33(35(55-39)37(47)48-7)54-38-31(43-45-41)22(3)21(2)29(52-38)20-50-36(46)27-17-13-10-14-18-27;/h9-18,21-25,28-35,38-39H,8,19-20H2,1-7H3;1H4. The summed E-state index contributed by atoms with van der Waals surface area (Å²) in [5, 5.41) is 8.07. The Morgan fingerprint density at radius 3 is 1.98 bits per heavy atom. The van der Waals surface area contributed by atoms with Gasteiger partial charge in [-0.3, -0.25) is 0 Å². The van der Waals surface area contributed by atoms with Crippen LogP contribution in [-0.2, 0) is 49.3 Å². The number of hydrogen-bond acceptors (Lipinski definition) is 12. The number of carbonyl (C=O) groups excluding carboxylic acids is 2. The highest BCUT2D eigenvalue weighted by Gasteiger charge is 2.54. The zero-order chi connectivity index (χ0) is 39.6. The largest absolute Gasteiger partial charge is 0.467 e. The van der Waals surface area contributed by atoms with E-state index in [1.807, 2.05) is 71.9 Å². The van der Waals surface area contributed by atoms with Crippen LogP contribution in [0.25, 0.3) is 20.9 Å². The second-order valence-corrected chi connectivity index (χ2v) is 14.5. The van der Waals surface area contributed by atoms with Crippen molar-refractivity contribution in [1.82, 2.24) is 0 Å². The minimum absolute atomic E-state index is 0. The predicted molar refractivity (Wildman–Crippen MR) is 205 cm³/mol. The zero-order valence-electron chi connectivity index (χ0n) is 32.3. The smallest absolute Gasteiger partial charge is 0.338 e. The summed E-state index contributed by atoms with van der Waals surface area (Å²) in [7, 11) is 1.25. The molecule has 0 aromatic heterocycles. The molecule has 3 aliphatic rings. The number of methoxy groups -OCH3 is 1. The van der Waals surface area contributed by atoms with Gasteiger partial charge in [-0.1, -0.05) is 101 Å². The highest BCUT2D eigenvalue weighted by molar-refractivity contribution is 5.89. The highest BCUT2D eigenvalue weighted by Crippen LogP contribution is 2.40. The van der Waals surface area contributed by atoms with E-state index in [1.54, 1.807) is 30.3 Å². The van der Waals surface area contributed by atoms with Crippen LogP contribution in [0.3, 0.4) is 0 Å². The zero-order valence-corrected chi connectivity index (χ0v) is 32.3. The number of carbonyl (C=O) groups is 2. The molecule has 0 amide bonds. The van der Waals surface area contributed by atoms with E-state index in [2.05, 4.69) is 20.1 Å². The van der Waals surface area contributed by atoms with E-state index in [-0.39, 0.29) is 50.6 Å². The molecule has 0 spiro atoms. The molecule has 3 aliphatic heterocycles. The van der Waals surface area contributed by atoms with E-state index in [4.69, 9.17) is 37.9 Å². The molecule has 16 nitrogen and oxygen atoms in total. The van der Waals surface area contributed by atoms with Gasteiger partial charge >= 0.3 is 11.9 Å². The van der Waals surface area contributed by atoms with Crippen molar-refractivity contribution < 1.29 is 47.5 Å². The first-order chi connectivity index (χ1) is 26.5. The van der Waals surface area contributed by atoms with Crippen LogP contribution in [-0.4, -0.2) is 93.0 Å². The van der Waals surface area contributed by atoms with Gasteiger partial charge in [0.25, 0.3) is 0 Å². The molecule has 0 saturated carbocycles. The van der Waals surface area contributed by atoms with Gasteiger partial charge in [-0.15, -0.1) is 0 Å². The van der Waals surface area contributed by atoms with Gasteiger partial charge in [0.15, 0.2) is 18.7 Å². The summed E-state index contributed by atoms with van der Waals surface area (Å²) in [6.45, 7) is 11.6. The average Bonchev–Trinajstić information content (AvgIpc) is 3.20. The third kappa shape index (κ3) is 10.2. The van der Waals surface area contributed by atoms with Gasteiger partial charge in [0.05, 0.1) is 55.8 Å². The molecule has 3 saturated heterocycles. The van der Waals surface area contributed by atoms with Crippen molar-refractivity contribution in [1.29, 1.82) is 0 Å². The maximum atomic E-state index is 13.6. The third-order valence-electron chi connectivity index (χ3n) is 11.2. The van der Waals surface area contributed by atoms with E-state index in [1.165, 1.54) is 7.11 Å². The number of nitrogens with zero attached hydrogens (tertiary/aromatic N) is 6. The second kappa shape index (κ2) is 20.8. The molecule has 5 rings (SSSR count). The van der Waals surface area contributed by atoms with Gasteiger partial charge in [-0.2, -0.15) is 0 Å². The molecule has 0 aliphatic carbocycles. The van der Waals surface area contributed by atoms with E-state index >= 15 is 0 Å². The lowest BCUT2D eigenvalue weighted by atomic mass is 9.82. The molecule has 0 N–H and O–H groups in total. The van der Waals surface area contributed by atoms with E-state index in [9.17, 15) is 20.7 Å². The Morgan fingerprint density at radius 2 is 1.36 bits per heavy atom. The van der Waals surface area contributed by atoms with Crippen molar-refractivity contribution in [2.45, 2.75) is 129 Å². The van der Waals surface area contributed by atoms with Gasteiger partial charge in [0.2, 0.25) is 0 Å². The van der Waals surface area contributed by atoms with Crippen LogP contribution in [0.2, 0.25) is 0 Å². The summed E-state index contributed by atoms with van der Waals surface area (Å²) >= 11 is 0. The van der Waals surface area contributed by atoms with Crippen molar-refractivity contribution in [3.63, 3.8) is 0 Å². The fraction of sp³-hybridized carbons (Fsp3) is 0.650. The fourth-order valence-electron chi connectivity index (χ4n) is 7.73. The molecule has 2 aromatic carbocycles. The van der Waals surface area contributed by atoms with Crippen LogP contribution < -0.4 is 0 Å². The van der Waals surface area contributed by atoms with E-state index in [0.717, 1.165) is 5.56 Å². The number of benzene rings is 2. The molecular formula is C40H56N6O10. The highest BCUT2D eigenvalue weighted by atomic mass is 16.7. The molecule has 15 atom stereocenters. The molecule has 2 aromatic rings. The number of ether oxygens (including phenoxy) is 8. The normalized spacial score (nSPS) is 35.4. The SMILES string of the molecule is C.CCC1OC(C)C(N=[N+]=[N-])C(C)C1OC1OC(C(=O)OC)C(OC2OC(COC(=O)c3ccccc3)C(C)C(C)C2N=[N+]=[N-])C(C)C1OCc1ccccc1. The van der Waals surface area contributed by atoms with Crippen LogP contribution in [0.4, 0.5) is 0 Å². The lowest BCUT2D eigenvalue weighted by Crippen LogP contribution is -2.63. The minimum Gasteiger partial charge on any atom is -0.467 e. The molecule has 0 radical (unpaired) electrons. The lowest BCUT2D eigenvalue weighted by molar-refractivity contribution is -0.346. The van der Waals surface area contributed by atoms with Gasteiger partial charge in [0.1, 0.15) is 18.8 Å². The predicted octanol–water partition coefficient (Wildman–Crippen LogP) is 7.56. The number of azide groups is 2. The molecule has 0 bridgehead atoms. The summed E-state index contributed by atoms with van der Waals surface area (Å²) in [5.74, 6) is -2.60. The molecule has 16 heteroatoms. The Balaban J connectivity index is 0.00000696. The Morgan fingerprint density at radius 1 is 0.732 bits per heavy atom. The van der Waals surface area contributed by atoms with Crippen LogP contribution in [0.5, 0.6) is 0 Å². The van der Waals surface area contributed by atoms with Gasteiger partial charge in [0, 0.05) is 15.7 Å². The Bertz CT molecular complexity index is 1660. The Labute approximate surface area is 328 Å². The Hall–Kier alpha value is -4.24. The van der Waals surface area contributed by atoms with Crippen LogP contribution in [0, 0.1) is 23.7 Å². The topological polar surface area (TPSA) is 206 Å². The first-order valence-electron chi connectivity index (χ1n) is 18.8. The first-order valence-corrected chi connectivity index (χ1v) is 18.8. The molecular weight excluding hydrogens is 724 g/mol. The maximum absolute atomic E-state index is 13.6. The number of esters is 2. The van der Waals surface area contributed by atoms with Crippen molar-refractivity contribution in [3.05, 3.63) is 92.7 Å². The van der Waals surface area contributed by atoms with Gasteiger partial charge in [-0.05, 0) is 59.9 Å². The molecule has 3 heterocycles. The maximum Gasteiger partial charge on any atom is 0.338 e.